The van der Waals surface area contributed by atoms with Crippen LogP contribution in [-0.4, -0.2) is 48.4 Å². The SMILES string of the molecule is NCC1CCN(CC(=O)N2CCCC2c2cccs2)C1. The van der Waals surface area contributed by atoms with E-state index in [-0.39, 0.29) is 0 Å². The summed E-state index contributed by atoms with van der Waals surface area (Å²) in [5, 5.41) is 2.10. The Morgan fingerprint density at radius 2 is 2.30 bits per heavy atom. The quantitative estimate of drug-likeness (QED) is 0.919. The van der Waals surface area contributed by atoms with Gasteiger partial charge in [-0.15, -0.1) is 11.3 Å². The number of hydrogen-bond acceptors (Lipinski definition) is 4. The number of nitrogens with zero attached hydrogens (tertiary/aromatic N) is 2. The molecule has 1 aromatic heterocycles. The summed E-state index contributed by atoms with van der Waals surface area (Å²) in [5.74, 6) is 0.869. The molecule has 0 spiro atoms. The summed E-state index contributed by atoms with van der Waals surface area (Å²) in [7, 11) is 0. The van der Waals surface area contributed by atoms with Gasteiger partial charge in [0.2, 0.25) is 5.91 Å². The molecule has 5 heteroatoms. The largest absolute Gasteiger partial charge is 0.334 e. The minimum atomic E-state index is 0.290. The van der Waals surface area contributed by atoms with Crippen LogP contribution in [0.2, 0.25) is 0 Å². The average Bonchev–Trinajstić information content (AvgIpc) is 3.19. The number of nitrogens with two attached hydrogens (primary N) is 1. The van der Waals surface area contributed by atoms with Crippen LogP contribution in [0.5, 0.6) is 0 Å². The molecule has 2 aliphatic rings. The number of thiophene rings is 1. The van der Waals surface area contributed by atoms with Crippen LogP contribution < -0.4 is 5.73 Å². The minimum Gasteiger partial charge on any atom is -0.334 e. The first kappa shape index (κ1) is 14.0. The number of rotatable bonds is 4. The van der Waals surface area contributed by atoms with Gasteiger partial charge in [-0.2, -0.15) is 0 Å². The molecule has 0 aliphatic carbocycles. The molecule has 110 valence electrons. The van der Waals surface area contributed by atoms with E-state index in [2.05, 4.69) is 27.3 Å². The second kappa shape index (κ2) is 6.24. The lowest BCUT2D eigenvalue weighted by Gasteiger charge is -2.26. The Balaban J connectivity index is 1.59. The maximum Gasteiger partial charge on any atom is 0.237 e. The van der Waals surface area contributed by atoms with Gasteiger partial charge < -0.3 is 10.6 Å². The summed E-state index contributed by atoms with van der Waals surface area (Å²) in [5.41, 5.74) is 5.71. The summed E-state index contributed by atoms with van der Waals surface area (Å²) in [4.78, 5) is 18.2. The number of hydrogen-bond donors (Lipinski definition) is 1. The molecule has 0 saturated carbocycles. The first-order valence-corrected chi connectivity index (χ1v) is 8.41. The second-order valence-corrected chi connectivity index (χ2v) is 6.87. The van der Waals surface area contributed by atoms with E-state index in [9.17, 15) is 4.79 Å². The Bertz CT molecular complexity index is 448. The van der Waals surface area contributed by atoms with Crippen LogP contribution in [0.4, 0.5) is 0 Å². The fraction of sp³-hybridized carbons (Fsp3) is 0.667. The molecule has 4 nitrogen and oxygen atoms in total. The van der Waals surface area contributed by atoms with Gasteiger partial charge in [-0.3, -0.25) is 9.69 Å². The summed E-state index contributed by atoms with van der Waals surface area (Å²) >= 11 is 1.76. The highest BCUT2D eigenvalue weighted by molar-refractivity contribution is 7.10. The van der Waals surface area contributed by atoms with Crippen molar-refractivity contribution in [1.29, 1.82) is 0 Å². The van der Waals surface area contributed by atoms with E-state index in [1.165, 1.54) is 4.88 Å². The number of carbonyl (C=O) groups is 1. The highest BCUT2D eigenvalue weighted by atomic mass is 32.1. The monoisotopic (exact) mass is 293 g/mol. The molecule has 2 unspecified atom stereocenters. The lowest BCUT2D eigenvalue weighted by Crippen LogP contribution is -2.39. The fourth-order valence-corrected chi connectivity index (χ4v) is 4.25. The zero-order valence-corrected chi connectivity index (χ0v) is 12.6. The zero-order chi connectivity index (χ0) is 13.9. The molecular weight excluding hydrogens is 270 g/mol. The normalized spacial score (nSPS) is 27.4. The van der Waals surface area contributed by atoms with Crippen molar-refractivity contribution in [2.45, 2.75) is 25.3 Å². The molecule has 20 heavy (non-hydrogen) atoms. The standard InChI is InChI=1S/C15H23N3OS/c16-9-12-5-7-17(10-12)11-15(19)18-6-1-3-13(18)14-4-2-8-20-14/h2,4,8,12-13H,1,3,5-7,9-11,16H2. The molecule has 1 amide bonds. The molecule has 2 fully saturated rings. The van der Waals surface area contributed by atoms with E-state index in [0.717, 1.165) is 45.4 Å². The van der Waals surface area contributed by atoms with Gasteiger partial charge >= 0.3 is 0 Å². The summed E-state index contributed by atoms with van der Waals surface area (Å²) < 4.78 is 0. The van der Waals surface area contributed by atoms with Crippen LogP contribution >= 0.6 is 11.3 Å². The Hall–Kier alpha value is -0.910. The van der Waals surface area contributed by atoms with E-state index in [0.29, 0.717) is 24.4 Å². The minimum absolute atomic E-state index is 0.290. The Kier molecular flexibility index (Phi) is 4.38. The molecule has 0 aromatic carbocycles. The van der Waals surface area contributed by atoms with E-state index >= 15 is 0 Å². The molecule has 2 saturated heterocycles. The summed E-state index contributed by atoms with van der Waals surface area (Å²) in [6, 6.07) is 4.55. The Morgan fingerprint density at radius 1 is 1.40 bits per heavy atom. The molecule has 2 atom stereocenters. The third kappa shape index (κ3) is 2.90. The van der Waals surface area contributed by atoms with Gasteiger partial charge in [-0.25, -0.2) is 0 Å². The van der Waals surface area contributed by atoms with Crippen molar-refractivity contribution < 1.29 is 4.79 Å². The van der Waals surface area contributed by atoms with Gasteiger partial charge in [0.05, 0.1) is 12.6 Å². The average molecular weight is 293 g/mol. The maximum atomic E-state index is 12.6. The maximum absolute atomic E-state index is 12.6. The van der Waals surface area contributed by atoms with Crippen molar-refractivity contribution >= 4 is 17.2 Å². The molecule has 0 bridgehead atoms. The van der Waals surface area contributed by atoms with Crippen molar-refractivity contribution in [2.24, 2.45) is 11.7 Å². The van der Waals surface area contributed by atoms with Crippen molar-refractivity contribution in [3.05, 3.63) is 22.4 Å². The Labute approximate surface area is 124 Å². The number of carbonyl (C=O) groups excluding carboxylic acids is 1. The molecule has 3 heterocycles. The van der Waals surface area contributed by atoms with Crippen LogP contribution in [0.1, 0.15) is 30.2 Å². The lowest BCUT2D eigenvalue weighted by molar-refractivity contribution is -0.133. The highest BCUT2D eigenvalue weighted by Crippen LogP contribution is 2.34. The molecule has 3 rings (SSSR count). The Morgan fingerprint density at radius 3 is 3.00 bits per heavy atom. The van der Waals surface area contributed by atoms with E-state index in [1.807, 2.05) is 0 Å². The van der Waals surface area contributed by atoms with Gasteiger partial charge in [0.25, 0.3) is 0 Å². The second-order valence-electron chi connectivity index (χ2n) is 5.89. The van der Waals surface area contributed by atoms with Gasteiger partial charge in [0, 0.05) is 18.0 Å². The number of likely N-dealkylation sites (tertiary alicyclic amines) is 2. The van der Waals surface area contributed by atoms with Crippen LogP contribution in [-0.2, 0) is 4.79 Å². The molecule has 2 N–H and O–H groups in total. The summed E-state index contributed by atoms with van der Waals surface area (Å²) in [6.07, 6.45) is 3.37. The zero-order valence-electron chi connectivity index (χ0n) is 11.8. The predicted octanol–water partition coefficient (Wildman–Crippen LogP) is 1.69. The molecule has 1 aromatic rings. The van der Waals surface area contributed by atoms with Crippen molar-refractivity contribution in [3.8, 4) is 0 Å². The van der Waals surface area contributed by atoms with Crippen LogP contribution in [0, 0.1) is 5.92 Å². The van der Waals surface area contributed by atoms with E-state index in [1.54, 1.807) is 11.3 Å². The van der Waals surface area contributed by atoms with Crippen molar-refractivity contribution in [2.75, 3.05) is 32.7 Å². The predicted molar refractivity (Wildman–Crippen MR) is 81.6 cm³/mol. The highest BCUT2D eigenvalue weighted by Gasteiger charge is 2.32. The van der Waals surface area contributed by atoms with E-state index < -0.39 is 0 Å². The first-order chi connectivity index (χ1) is 9.78. The van der Waals surface area contributed by atoms with E-state index in [4.69, 9.17) is 5.73 Å². The summed E-state index contributed by atoms with van der Waals surface area (Å²) in [6.45, 7) is 4.23. The smallest absolute Gasteiger partial charge is 0.237 e. The van der Waals surface area contributed by atoms with Gasteiger partial charge in [-0.1, -0.05) is 6.07 Å². The number of amides is 1. The lowest BCUT2D eigenvalue weighted by atomic mass is 10.1. The molecule has 0 radical (unpaired) electrons. The van der Waals surface area contributed by atoms with Crippen LogP contribution in [0.15, 0.2) is 17.5 Å². The molecular formula is C15H23N3OS. The van der Waals surface area contributed by atoms with Crippen LogP contribution in [0.3, 0.4) is 0 Å². The van der Waals surface area contributed by atoms with Crippen molar-refractivity contribution in [3.63, 3.8) is 0 Å². The van der Waals surface area contributed by atoms with Gasteiger partial charge in [-0.05, 0) is 49.7 Å². The van der Waals surface area contributed by atoms with Crippen LogP contribution in [0.25, 0.3) is 0 Å². The third-order valence-electron chi connectivity index (χ3n) is 4.51. The third-order valence-corrected chi connectivity index (χ3v) is 5.48. The van der Waals surface area contributed by atoms with Crippen molar-refractivity contribution in [1.82, 2.24) is 9.80 Å². The first-order valence-electron chi connectivity index (χ1n) is 7.53. The van der Waals surface area contributed by atoms with Gasteiger partial charge in [0.1, 0.15) is 0 Å². The topological polar surface area (TPSA) is 49.6 Å². The fourth-order valence-electron chi connectivity index (χ4n) is 3.37. The molecule has 2 aliphatic heterocycles. The van der Waals surface area contributed by atoms with Gasteiger partial charge in [0.15, 0.2) is 0 Å².